The van der Waals surface area contributed by atoms with Crippen molar-refractivity contribution >= 4 is 23.6 Å². The zero-order chi connectivity index (χ0) is 19.4. The largest absolute Gasteiger partial charge is 0.493 e. The molecule has 1 saturated carbocycles. The highest BCUT2D eigenvalue weighted by Gasteiger charge is 2.23. The summed E-state index contributed by atoms with van der Waals surface area (Å²) in [6.07, 6.45) is 4.82. The van der Waals surface area contributed by atoms with Crippen LogP contribution in [0.5, 0.6) is 11.5 Å². The van der Waals surface area contributed by atoms with Gasteiger partial charge in [-0.15, -0.1) is 0 Å². The Balaban J connectivity index is 1.85. The van der Waals surface area contributed by atoms with Gasteiger partial charge in [0.1, 0.15) is 0 Å². The molecule has 0 saturated heterocycles. The first kappa shape index (κ1) is 18.4. The lowest BCUT2D eigenvalue weighted by molar-refractivity contribution is -0.384. The van der Waals surface area contributed by atoms with E-state index in [0.717, 1.165) is 5.56 Å². The van der Waals surface area contributed by atoms with E-state index in [9.17, 15) is 14.9 Å². The summed E-state index contributed by atoms with van der Waals surface area (Å²) < 4.78 is 10.5. The average Bonchev–Trinajstić information content (AvgIpc) is 3.01. The summed E-state index contributed by atoms with van der Waals surface area (Å²) in [7, 11) is 3.14. The zero-order valence-corrected chi connectivity index (χ0v) is 15.1. The fourth-order valence-electron chi connectivity index (χ4n) is 3.05. The summed E-state index contributed by atoms with van der Waals surface area (Å²) in [6, 6.07) is 11.8. The number of allylic oxidation sites excluding steroid dienone is 2. The molecular formula is C21H19NO5. The molecule has 0 heterocycles. The quantitative estimate of drug-likeness (QED) is 0.445. The van der Waals surface area contributed by atoms with E-state index in [1.807, 2.05) is 18.2 Å². The van der Waals surface area contributed by atoms with Crippen LogP contribution in [0.25, 0.3) is 12.2 Å². The van der Waals surface area contributed by atoms with Crippen molar-refractivity contribution < 1.29 is 19.2 Å². The Morgan fingerprint density at radius 2 is 1.56 bits per heavy atom. The Labute approximate surface area is 156 Å². The number of ketones is 1. The van der Waals surface area contributed by atoms with Crippen molar-refractivity contribution in [2.24, 2.45) is 0 Å². The average molecular weight is 365 g/mol. The number of rotatable bonds is 5. The van der Waals surface area contributed by atoms with Gasteiger partial charge >= 0.3 is 0 Å². The Morgan fingerprint density at radius 1 is 0.926 bits per heavy atom. The van der Waals surface area contributed by atoms with Crippen LogP contribution >= 0.6 is 0 Å². The topological polar surface area (TPSA) is 78.7 Å². The molecule has 0 amide bonds. The van der Waals surface area contributed by atoms with Gasteiger partial charge in [-0.25, -0.2) is 0 Å². The number of ether oxygens (including phenoxy) is 2. The summed E-state index contributed by atoms with van der Waals surface area (Å²) in [5.74, 6) is 1.20. The van der Waals surface area contributed by atoms with Crippen LogP contribution in [0.4, 0.5) is 5.69 Å². The lowest BCUT2D eigenvalue weighted by Gasteiger charge is -2.08. The van der Waals surface area contributed by atoms with Crippen LogP contribution in [-0.2, 0) is 4.79 Å². The standard InChI is InChI=1S/C21H19NO5/c1-26-19-9-6-15(13-20(19)27-2)11-17-8-7-16(21(17)23)10-14-4-3-5-18(12-14)22(24)25/h3-6,9-13H,7-8H2,1-2H3. The van der Waals surface area contributed by atoms with E-state index in [2.05, 4.69) is 0 Å². The van der Waals surface area contributed by atoms with Crippen LogP contribution in [0, 0.1) is 10.1 Å². The first-order valence-corrected chi connectivity index (χ1v) is 8.44. The zero-order valence-electron chi connectivity index (χ0n) is 15.1. The van der Waals surface area contributed by atoms with Crippen LogP contribution in [0.15, 0.2) is 53.6 Å². The fraction of sp³-hybridized carbons (Fsp3) is 0.190. The molecule has 1 fully saturated rings. The highest BCUT2D eigenvalue weighted by molar-refractivity contribution is 6.15. The molecule has 3 rings (SSSR count). The number of nitro groups is 1. The third-order valence-electron chi connectivity index (χ3n) is 4.42. The molecule has 1 aliphatic rings. The van der Waals surface area contributed by atoms with Crippen molar-refractivity contribution in [1.82, 2.24) is 0 Å². The van der Waals surface area contributed by atoms with E-state index in [4.69, 9.17) is 9.47 Å². The fourth-order valence-corrected chi connectivity index (χ4v) is 3.05. The summed E-state index contributed by atoms with van der Waals surface area (Å²) in [6.45, 7) is 0. The second-order valence-corrected chi connectivity index (χ2v) is 6.13. The molecule has 0 aromatic heterocycles. The van der Waals surface area contributed by atoms with Crippen LogP contribution in [-0.4, -0.2) is 24.9 Å². The number of benzene rings is 2. The van der Waals surface area contributed by atoms with E-state index in [-0.39, 0.29) is 11.5 Å². The summed E-state index contributed by atoms with van der Waals surface area (Å²) >= 11 is 0. The number of carbonyl (C=O) groups is 1. The summed E-state index contributed by atoms with van der Waals surface area (Å²) in [5, 5.41) is 10.9. The minimum atomic E-state index is -0.444. The van der Waals surface area contributed by atoms with Gasteiger partial charge in [0.25, 0.3) is 5.69 Å². The number of carbonyl (C=O) groups excluding carboxylic acids is 1. The Hall–Kier alpha value is -3.41. The minimum absolute atomic E-state index is 0.0101. The number of nitro benzene ring substituents is 1. The molecule has 2 aromatic rings. The third kappa shape index (κ3) is 4.06. The van der Waals surface area contributed by atoms with Crippen LogP contribution in [0.1, 0.15) is 24.0 Å². The van der Waals surface area contributed by atoms with Crippen LogP contribution in [0.3, 0.4) is 0 Å². The van der Waals surface area contributed by atoms with Crippen molar-refractivity contribution in [3.05, 3.63) is 74.9 Å². The molecule has 27 heavy (non-hydrogen) atoms. The van der Waals surface area contributed by atoms with Crippen molar-refractivity contribution in [1.29, 1.82) is 0 Å². The van der Waals surface area contributed by atoms with Crippen molar-refractivity contribution in [2.75, 3.05) is 14.2 Å². The molecule has 2 aromatic carbocycles. The van der Waals surface area contributed by atoms with E-state index in [1.165, 1.54) is 12.1 Å². The van der Waals surface area contributed by atoms with Gasteiger partial charge in [0, 0.05) is 23.3 Å². The number of Topliss-reactive ketones (excluding diaryl/α,β-unsaturated/α-hetero) is 1. The maximum atomic E-state index is 12.7. The van der Waals surface area contributed by atoms with Gasteiger partial charge < -0.3 is 9.47 Å². The van der Waals surface area contributed by atoms with E-state index in [0.29, 0.717) is 41.1 Å². The smallest absolute Gasteiger partial charge is 0.270 e. The predicted octanol–water partition coefficient (Wildman–Crippen LogP) is 4.44. The van der Waals surface area contributed by atoms with Gasteiger partial charge in [0.15, 0.2) is 17.3 Å². The number of nitrogens with zero attached hydrogens (tertiary/aromatic N) is 1. The summed E-state index contributed by atoms with van der Waals surface area (Å²) in [5.41, 5.74) is 2.88. The third-order valence-corrected chi connectivity index (χ3v) is 4.42. The van der Waals surface area contributed by atoms with E-state index < -0.39 is 4.92 Å². The van der Waals surface area contributed by atoms with Gasteiger partial charge in [-0.3, -0.25) is 14.9 Å². The van der Waals surface area contributed by atoms with Gasteiger partial charge in [-0.05, 0) is 48.3 Å². The Kier molecular flexibility index (Phi) is 5.35. The normalized spacial score (nSPS) is 16.7. The number of hydrogen-bond donors (Lipinski definition) is 0. The summed E-state index contributed by atoms with van der Waals surface area (Å²) in [4.78, 5) is 23.1. The second kappa shape index (κ2) is 7.86. The van der Waals surface area contributed by atoms with Gasteiger partial charge in [0.2, 0.25) is 0 Å². The number of methoxy groups -OCH3 is 2. The van der Waals surface area contributed by atoms with Crippen LogP contribution < -0.4 is 9.47 Å². The molecule has 6 heteroatoms. The molecular weight excluding hydrogens is 346 g/mol. The maximum absolute atomic E-state index is 12.7. The second-order valence-electron chi connectivity index (χ2n) is 6.13. The Morgan fingerprint density at radius 3 is 2.15 bits per heavy atom. The molecule has 6 nitrogen and oxygen atoms in total. The van der Waals surface area contributed by atoms with Crippen LogP contribution in [0.2, 0.25) is 0 Å². The lowest BCUT2D eigenvalue weighted by Crippen LogP contribution is -1.96. The minimum Gasteiger partial charge on any atom is -0.493 e. The van der Waals surface area contributed by atoms with E-state index >= 15 is 0 Å². The SMILES string of the molecule is COc1ccc(C=C2CCC(=Cc3cccc([N+](=O)[O-])c3)C2=O)cc1OC. The molecule has 0 unspecified atom stereocenters. The van der Waals surface area contributed by atoms with Crippen molar-refractivity contribution in [2.45, 2.75) is 12.8 Å². The lowest BCUT2D eigenvalue weighted by atomic mass is 10.1. The highest BCUT2D eigenvalue weighted by atomic mass is 16.6. The molecule has 0 bridgehead atoms. The molecule has 0 N–H and O–H groups in total. The van der Waals surface area contributed by atoms with Gasteiger partial charge in [-0.1, -0.05) is 18.2 Å². The first-order valence-electron chi connectivity index (χ1n) is 8.44. The highest BCUT2D eigenvalue weighted by Crippen LogP contribution is 2.32. The van der Waals surface area contributed by atoms with Crippen molar-refractivity contribution in [3.63, 3.8) is 0 Å². The van der Waals surface area contributed by atoms with Crippen molar-refractivity contribution in [3.8, 4) is 11.5 Å². The van der Waals surface area contributed by atoms with E-state index in [1.54, 1.807) is 38.5 Å². The molecule has 0 spiro atoms. The molecule has 0 aliphatic heterocycles. The molecule has 1 aliphatic carbocycles. The number of hydrogen-bond acceptors (Lipinski definition) is 5. The van der Waals surface area contributed by atoms with Gasteiger partial charge in [-0.2, -0.15) is 0 Å². The Bertz CT molecular complexity index is 959. The predicted molar refractivity (Wildman–Crippen MR) is 103 cm³/mol. The molecule has 0 radical (unpaired) electrons. The molecule has 138 valence electrons. The number of non-ortho nitro benzene ring substituents is 1. The first-order chi connectivity index (χ1) is 13.0. The maximum Gasteiger partial charge on any atom is 0.270 e. The molecule has 0 atom stereocenters. The monoisotopic (exact) mass is 365 g/mol. The van der Waals surface area contributed by atoms with Gasteiger partial charge in [0.05, 0.1) is 19.1 Å².